The van der Waals surface area contributed by atoms with Gasteiger partial charge in [0.2, 0.25) is 0 Å². The smallest absolute Gasteiger partial charge is 0.338 e. The molecule has 1 saturated carbocycles. The number of hydrogen-bond donors (Lipinski definition) is 1. The van der Waals surface area contributed by atoms with E-state index in [9.17, 15) is 9.59 Å². The number of amides is 1. The molecule has 1 aromatic carbocycles. The summed E-state index contributed by atoms with van der Waals surface area (Å²) in [5.74, 6) is 0.270. The fourth-order valence-electron chi connectivity index (χ4n) is 3.34. The Bertz CT molecular complexity index is 743. The van der Waals surface area contributed by atoms with E-state index in [4.69, 9.17) is 4.74 Å². The van der Waals surface area contributed by atoms with E-state index in [-0.39, 0.29) is 18.6 Å². The molecule has 0 radical (unpaired) electrons. The van der Waals surface area contributed by atoms with E-state index in [1.807, 2.05) is 0 Å². The molecule has 1 aliphatic rings. The number of carbonyl (C=O) groups is 2. The van der Waals surface area contributed by atoms with Crippen LogP contribution in [0.15, 0.2) is 36.9 Å². The third kappa shape index (κ3) is 4.28. The molecule has 0 unspecified atom stereocenters. The minimum atomic E-state index is -0.518. The van der Waals surface area contributed by atoms with Crippen molar-refractivity contribution in [2.75, 3.05) is 6.61 Å². The van der Waals surface area contributed by atoms with E-state index >= 15 is 0 Å². The largest absolute Gasteiger partial charge is 0.452 e. The highest BCUT2D eigenvalue weighted by Crippen LogP contribution is 2.29. The van der Waals surface area contributed by atoms with Gasteiger partial charge < -0.3 is 10.1 Å². The first-order chi connectivity index (χ1) is 12.5. The van der Waals surface area contributed by atoms with Gasteiger partial charge in [0.25, 0.3) is 5.91 Å². The summed E-state index contributed by atoms with van der Waals surface area (Å²) in [6.45, 7) is 4.12. The summed E-state index contributed by atoms with van der Waals surface area (Å²) in [6, 6.07) is 6.93. The first kappa shape index (κ1) is 18.1. The van der Waals surface area contributed by atoms with E-state index < -0.39 is 5.97 Å². The second-order valence-electron chi connectivity index (χ2n) is 6.90. The fourth-order valence-corrected chi connectivity index (χ4v) is 3.34. The van der Waals surface area contributed by atoms with Crippen LogP contribution in [0.1, 0.15) is 43.5 Å². The van der Waals surface area contributed by atoms with Crippen LogP contribution >= 0.6 is 0 Å². The van der Waals surface area contributed by atoms with Crippen molar-refractivity contribution in [1.82, 2.24) is 20.1 Å². The van der Waals surface area contributed by atoms with E-state index in [2.05, 4.69) is 29.2 Å². The number of hydrogen-bond acceptors (Lipinski definition) is 5. The minimum absolute atomic E-state index is 0.159. The molecule has 1 N–H and O–H groups in total. The molecule has 2 aromatic rings. The van der Waals surface area contributed by atoms with Crippen LogP contribution in [0, 0.1) is 11.8 Å². The molecule has 1 heterocycles. The number of nitrogens with one attached hydrogen (secondary N) is 1. The second-order valence-corrected chi connectivity index (χ2v) is 6.90. The van der Waals surface area contributed by atoms with E-state index in [1.165, 1.54) is 12.7 Å². The van der Waals surface area contributed by atoms with Crippen LogP contribution in [-0.4, -0.2) is 39.3 Å². The Kier molecular flexibility index (Phi) is 5.65. The zero-order valence-corrected chi connectivity index (χ0v) is 15.1. The van der Waals surface area contributed by atoms with Gasteiger partial charge >= 0.3 is 5.97 Å². The molecule has 7 nitrogen and oxygen atoms in total. The van der Waals surface area contributed by atoms with Gasteiger partial charge in [0, 0.05) is 6.04 Å². The quantitative estimate of drug-likeness (QED) is 0.831. The molecule has 1 aliphatic carbocycles. The van der Waals surface area contributed by atoms with Crippen LogP contribution in [0.3, 0.4) is 0 Å². The van der Waals surface area contributed by atoms with Gasteiger partial charge in [-0.2, -0.15) is 5.10 Å². The van der Waals surface area contributed by atoms with Crippen molar-refractivity contribution in [2.24, 2.45) is 11.8 Å². The minimum Gasteiger partial charge on any atom is -0.452 e. The molecule has 1 amide bonds. The molecule has 7 heteroatoms. The Morgan fingerprint density at radius 2 is 2.00 bits per heavy atom. The van der Waals surface area contributed by atoms with Crippen LogP contribution < -0.4 is 5.32 Å². The Hall–Kier alpha value is -2.70. The summed E-state index contributed by atoms with van der Waals surface area (Å²) in [7, 11) is 0. The Morgan fingerprint density at radius 1 is 1.23 bits per heavy atom. The number of aromatic nitrogens is 3. The van der Waals surface area contributed by atoms with Gasteiger partial charge in [-0.15, -0.1) is 0 Å². The van der Waals surface area contributed by atoms with Crippen molar-refractivity contribution < 1.29 is 14.3 Å². The highest BCUT2D eigenvalue weighted by molar-refractivity contribution is 5.91. The zero-order chi connectivity index (χ0) is 18.5. The lowest BCUT2D eigenvalue weighted by Gasteiger charge is -2.34. The van der Waals surface area contributed by atoms with Crippen molar-refractivity contribution in [2.45, 2.75) is 39.2 Å². The highest BCUT2D eigenvalue weighted by atomic mass is 16.5. The van der Waals surface area contributed by atoms with E-state index in [0.29, 0.717) is 17.4 Å². The van der Waals surface area contributed by atoms with Gasteiger partial charge in [-0.05, 0) is 42.5 Å². The first-order valence-electron chi connectivity index (χ1n) is 8.96. The average Bonchev–Trinajstić information content (AvgIpc) is 3.18. The third-order valence-electron chi connectivity index (χ3n) is 5.17. The topological polar surface area (TPSA) is 86.1 Å². The summed E-state index contributed by atoms with van der Waals surface area (Å²) >= 11 is 0. The fraction of sp³-hybridized carbons (Fsp3) is 0.474. The molecule has 3 atom stereocenters. The summed E-state index contributed by atoms with van der Waals surface area (Å²) < 4.78 is 6.73. The normalized spacial score (nSPS) is 22.6. The van der Waals surface area contributed by atoms with Gasteiger partial charge in [-0.3, -0.25) is 4.79 Å². The van der Waals surface area contributed by atoms with Crippen molar-refractivity contribution in [3.8, 4) is 5.69 Å². The molecule has 0 aliphatic heterocycles. The van der Waals surface area contributed by atoms with Gasteiger partial charge in [-0.25, -0.2) is 14.5 Å². The first-order valence-corrected chi connectivity index (χ1v) is 8.96. The predicted octanol–water partition coefficient (Wildman–Crippen LogP) is 2.37. The Labute approximate surface area is 152 Å². The van der Waals surface area contributed by atoms with Crippen molar-refractivity contribution in [3.05, 3.63) is 42.5 Å². The van der Waals surface area contributed by atoms with Gasteiger partial charge in [0.1, 0.15) is 12.7 Å². The number of esters is 1. The number of ether oxygens (including phenoxy) is 1. The zero-order valence-electron chi connectivity index (χ0n) is 15.1. The molecule has 3 rings (SSSR count). The average molecular weight is 356 g/mol. The second kappa shape index (κ2) is 8.12. The molecular weight excluding hydrogens is 332 g/mol. The number of rotatable bonds is 5. The lowest BCUT2D eigenvalue weighted by Crippen LogP contribution is -2.45. The maximum absolute atomic E-state index is 12.1. The number of benzene rings is 1. The predicted molar refractivity (Wildman–Crippen MR) is 95.8 cm³/mol. The van der Waals surface area contributed by atoms with Gasteiger partial charge in [0.15, 0.2) is 6.61 Å². The molecule has 1 aromatic heterocycles. The molecular formula is C19H24N4O3. The molecule has 0 saturated heterocycles. The number of carbonyl (C=O) groups excluding carboxylic acids is 2. The van der Waals surface area contributed by atoms with E-state index in [1.54, 1.807) is 35.3 Å². The molecule has 1 fully saturated rings. The van der Waals surface area contributed by atoms with Crippen LogP contribution in [-0.2, 0) is 9.53 Å². The summed E-state index contributed by atoms with van der Waals surface area (Å²) in [6.07, 6.45) is 6.32. The molecule has 138 valence electrons. The standard InChI is InChI=1S/C19H24N4O3/c1-13-4-3-5-17(14(13)2)22-18(24)10-26-19(25)15-6-8-16(9-7-15)23-12-20-11-21-23/h6-9,11-14,17H,3-5,10H2,1-2H3,(H,22,24)/t13-,14-,17-/m1/s1. The molecule has 26 heavy (non-hydrogen) atoms. The van der Waals surface area contributed by atoms with Crippen LogP contribution in [0.25, 0.3) is 5.69 Å². The third-order valence-corrected chi connectivity index (χ3v) is 5.17. The monoisotopic (exact) mass is 356 g/mol. The van der Waals surface area contributed by atoms with Crippen LogP contribution in [0.4, 0.5) is 0 Å². The summed E-state index contributed by atoms with van der Waals surface area (Å²) in [5, 5.41) is 7.02. The van der Waals surface area contributed by atoms with Crippen molar-refractivity contribution >= 4 is 11.9 Å². The number of nitrogens with zero attached hydrogens (tertiary/aromatic N) is 3. The summed E-state index contributed by atoms with van der Waals surface area (Å²) in [5.41, 5.74) is 1.18. The molecule has 0 spiro atoms. The maximum atomic E-state index is 12.1. The summed E-state index contributed by atoms with van der Waals surface area (Å²) in [4.78, 5) is 28.1. The Balaban J connectivity index is 1.49. The van der Waals surface area contributed by atoms with Gasteiger partial charge in [0.05, 0.1) is 11.3 Å². The van der Waals surface area contributed by atoms with Crippen molar-refractivity contribution in [1.29, 1.82) is 0 Å². The highest BCUT2D eigenvalue weighted by Gasteiger charge is 2.28. The Morgan fingerprint density at radius 3 is 2.69 bits per heavy atom. The molecule has 0 bridgehead atoms. The SMILES string of the molecule is C[C@@H]1[C@H](C)CCC[C@H]1NC(=O)COC(=O)c1ccc(-n2cncn2)cc1. The van der Waals surface area contributed by atoms with Gasteiger partial charge in [-0.1, -0.05) is 26.7 Å². The van der Waals surface area contributed by atoms with Crippen LogP contribution in [0.5, 0.6) is 0 Å². The van der Waals surface area contributed by atoms with E-state index in [0.717, 1.165) is 18.5 Å². The van der Waals surface area contributed by atoms with Crippen LogP contribution in [0.2, 0.25) is 0 Å². The van der Waals surface area contributed by atoms with Crippen molar-refractivity contribution in [3.63, 3.8) is 0 Å². The lowest BCUT2D eigenvalue weighted by atomic mass is 9.78. The maximum Gasteiger partial charge on any atom is 0.338 e. The lowest BCUT2D eigenvalue weighted by molar-refractivity contribution is -0.125.